The summed E-state index contributed by atoms with van der Waals surface area (Å²) in [6, 6.07) is 12.2. The van der Waals surface area contributed by atoms with Crippen LogP contribution in [0.4, 0.5) is 22.7 Å². The molecule has 3 rings (SSSR count). The number of nitro groups is 1. The van der Waals surface area contributed by atoms with Crippen LogP contribution in [-0.4, -0.2) is 31.2 Å². The average molecular weight is 334 g/mol. The fraction of sp³-hybridized carbons (Fsp3) is 0.250. The highest BCUT2D eigenvalue weighted by molar-refractivity contribution is 6.30. The molecule has 2 aromatic carbocycles. The zero-order chi connectivity index (χ0) is 16.2. The van der Waals surface area contributed by atoms with Crippen molar-refractivity contribution in [3.63, 3.8) is 0 Å². The summed E-state index contributed by atoms with van der Waals surface area (Å²) in [6.07, 6.45) is 0. The van der Waals surface area contributed by atoms with E-state index >= 15 is 0 Å². The Morgan fingerprint density at radius 2 is 1.83 bits per heavy atom. The van der Waals surface area contributed by atoms with Crippen molar-refractivity contribution >= 4 is 34.4 Å². The third-order valence-corrected chi connectivity index (χ3v) is 3.93. The minimum Gasteiger partial charge on any atom is -0.378 e. The highest BCUT2D eigenvalue weighted by atomic mass is 35.5. The van der Waals surface area contributed by atoms with Gasteiger partial charge < -0.3 is 15.0 Å². The van der Waals surface area contributed by atoms with Gasteiger partial charge in [-0.2, -0.15) is 0 Å². The third kappa shape index (κ3) is 3.72. The maximum Gasteiger partial charge on any atom is 0.292 e. The van der Waals surface area contributed by atoms with Crippen LogP contribution in [0.3, 0.4) is 0 Å². The summed E-state index contributed by atoms with van der Waals surface area (Å²) in [4.78, 5) is 13.0. The number of halogens is 1. The number of anilines is 3. The minimum atomic E-state index is -0.388. The summed E-state index contributed by atoms with van der Waals surface area (Å²) in [6.45, 7) is 2.88. The average Bonchev–Trinajstić information content (AvgIpc) is 2.57. The number of nitro benzene ring substituents is 1. The van der Waals surface area contributed by atoms with Gasteiger partial charge in [0.05, 0.1) is 18.1 Å². The van der Waals surface area contributed by atoms with E-state index in [4.69, 9.17) is 16.3 Å². The lowest BCUT2D eigenvalue weighted by atomic mass is 10.2. The molecule has 0 spiro atoms. The third-order valence-electron chi connectivity index (χ3n) is 3.68. The maximum absolute atomic E-state index is 11.3. The second-order valence-corrected chi connectivity index (χ2v) is 5.63. The van der Waals surface area contributed by atoms with Crippen molar-refractivity contribution in [2.75, 3.05) is 36.5 Å². The van der Waals surface area contributed by atoms with Crippen LogP contribution in [0.25, 0.3) is 0 Å². The van der Waals surface area contributed by atoms with E-state index in [9.17, 15) is 10.1 Å². The van der Waals surface area contributed by atoms with E-state index in [0.29, 0.717) is 23.9 Å². The largest absolute Gasteiger partial charge is 0.378 e. The molecule has 23 heavy (non-hydrogen) atoms. The Balaban J connectivity index is 1.91. The van der Waals surface area contributed by atoms with E-state index in [0.717, 1.165) is 24.5 Å². The van der Waals surface area contributed by atoms with Crippen molar-refractivity contribution in [2.45, 2.75) is 0 Å². The lowest BCUT2D eigenvalue weighted by molar-refractivity contribution is -0.383. The first kappa shape index (κ1) is 15.6. The van der Waals surface area contributed by atoms with Gasteiger partial charge in [0.15, 0.2) is 0 Å². The molecule has 0 radical (unpaired) electrons. The smallest absolute Gasteiger partial charge is 0.292 e. The second kappa shape index (κ2) is 6.85. The molecule has 0 unspecified atom stereocenters. The molecule has 0 aromatic heterocycles. The predicted molar refractivity (Wildman–Crippen MR) is 90.9 cm³/mol. The Bertz CT molecular complexity index is 700. The van der Waals surface area contributed by atoms with Gasteiger partial charge in [0.1, 0.15) is 5.69 Å². The molecule has 0 aliphatic carbocycles. The predicted octanol–water partition coefficient (Wildman–Crippen LogP) is 3.83. The summed E-state index contributed by atoms with van der Waals surface area (Å²) in [5, 5.41) is 15.0. The van der Waals surface area contributed by atoms with Crippen LogP contribution in [0.1, 0.15) is 0 Å². The Morgan fingerprint density at radius 1 is 1.13 bits per heavy atom. The van der Waals surface area contributed by atoms with Crippen molar-refractivity contribution < 1.29 is 9.66 Å². The Hall–Kier alpha value is -2.31. The summed E-state index contributed by atoms with van der Waals surface area (Å²) in [5.41, 5.74) is 2.19. The first-order valence-corrected chi connectivity index (χ1v) is 7.65. The zero-order valence-corrected chi connectivity index (χ0v) is 13.1. The molecule has 1 N–H and O–H groups in total. The fourth-order valence-corrected chi connectivity index (χ4v) is 2.62. The first-order valence-electron chi connectivity index (χ1n) is 7.27. The van der Waals surface area contributed by atoms with E-state index in [2.05, 4.69) is 10.2 Å². The lowest BCUT2D eigenvalue weighted by Crippen LogP contribution is -2.36. The quantitative estimate of drug-likeness (QED) is 0.680. The van der Waals surface area contributed by atoms with Gasteiger partial charge in [0.2, 0.25) is 0 Å². The number of rotatable bonds is 4. The van der Waals surface area contributed by atoms with Crippen molar-refractivity contribution in [2.24, 2.45) is 0 Å². The minimum absolute atomic E-state index is 0.0389. The molecule has 0 atom stereocenters. The number of benzene rings is 2. The molecule has 0 amide bonds. The molecule has 1 heterocycles. The van der Waals surface area contributed by atoms with Gasteiger partial charge in [-0.1, -0.05) is 11.6 Å². The van der Waals surface area contributed by atoms with Crippen molar-refractivity contribution in [1.29, 1.82) is 0 Å². The van der Waals surface area contributed by atoms with Gasteiger partial charge >= 0.3 is 0 Å². The molecule has 1 fully saturated rings. The van der Waals surface area contributed by atoms with Gasteiger partial charge in [-0.05, 0) is 36.4 Å². The highest BCUT2D eigenvalue weighted by Gasteiger charge is 2.18. The summed E-state index contributed by atoms with van der Waals surface area (Å²) >= 11 is 5.87. The molecular formula is C16H16ClN3O3. The zero-order valence-electron chi connectivity index (χ0n) is 12.4. The van der Waals surface area contributed by atoms with E-state index in [1.165, 1.54) is 6.07 Å². The fourth-order valence-electron chi connectivity index (χ4n) is 2.49. The Kier molecular flexibility index (Phi) is 4.64. The van der Waals surface area contributed by atoms with Gasteiger partial charge in [-0.3, -0.25) is 10.1 Å². The summed E-state index contributed by atoms with van der Waals surface area (Å²) in [7, 11) is 0. The maximum atomic E-state index is 11.3. The van der Waals surface area contributed by atoms with E-state index in [1.807, 2.05) is 0 Å². The molecule has 1 saturated heterocycles. The molecule has 7 heteroatoms. The molecule has 6 nitrogen and oxygen atoms in total. The molecule has 1 aliphatic rings. The van der Waals surface area contributed by atoms with Gasteiger partial charge in [0.25, 0.3) is 5.69 Å². The normalized spacial score (nSPS) is 14.6. The number of hydrogen-bond acceptors (Lipinski definition) is 5. The van der Waals surface area contributed by atoms with Crippen LogP contribution in [-0.2, 0) is 4.74 Å². The van der Waals surface area contributed by atoms with Crippen molar-refractivity contribution in [3.05, 3.63) is 57.6 Å². The second-order valence-electron chi connectivity index (χ2n) is 5.19. The van der Waals surface area contributed by atoms with Crippen LogP contribution < -0.4 is 10.2 Å². The standard InChI is InChI=1S/C16H16ClN3O3/c17-12-1-3-13(4-2-12)18-15-11-14(5-6-16(15)20(21)22)19-7-9-23-10-8-19/h1-6,11,18H,7-10H2. The van der Waals surface area contributed by atoms with Gasteiger partial charge in [-0.25, -0.2) is 0 Å². The number of hydrogen-bond donors (Lipinski definition) is 1. The number of nitrogens with zero attached hydrogens (tertiary/aromatic N) is 2. The van der Waals surface area contributed by atoms with E-state index < -0.39 is 0 Å². The molecule has 120 valence electrons. The molecular weight excluding hydrogens is 318 g/mol. The van der Waals surface area contributed by atoms with Crippen molar-refractivity contribution in [3.8, 4) is 0 Å². The van der Waals surface area contributed by atoms with Crippen LogP contribution in [0.5, 0.6) is 0 Å². The van der Waals surface area contributed by atoms with E-state index in [-0.39, 0.29) is 10.6 Å². The first-order chi connectivity index (χ1) is 11.1. The van der Waals surface area contributed by atoms with E-state index in [1.54, 1.807) is 36.4 Å². The topological polar surface area (TPSA) is 67.6 Å². The Labute approximate surface area is 138 Å². The highest BCUT2D eigenvalue weighted by Crippen LogP contribution is 2.32. The number of nitrogens with one attached hydrogen (secondary N) is 1. The Morgan fingerprint density at radius 3 is 2.48 bits per heavy atom. The van der Waals surface area contributed by atoms with Crippen LogP contribution in [0, 0.1) is 10.1 Å². The summed E-state index contributed by atoms with van der Waals surface area (Å²) in [5.74, 6) is 0. The SMILES string of the molecule is O=[N+]([O-])c1ccc(N2CCOCC2)cc1Nc1ccc(Cl)cc1. The van der Waals surface area contributed by atoms with Gasteiger partial charge in [0, 0.05) is 35.6 Å². The lowest BCUT2D eigenvalue weighted by Gasteiger charge is -2.29. The molecule has 2 aromatic rings. The number of ether oxygens (including phenoxy) is 1. The number of morpholine rings is 1. The monoisotopic (exact) mass is 333 g/mol. The molecule has 1 aliphatic heterocycles. The van der Waals surface area contributed by atoms with Gasteiger partial charge in [-0.15, -0.1) is 0 Å². The molecule has 0 saturated carbocycles. The van der Waals surface area contributed by atoms with Crippen molar-refractivity contribution in [1.82, 2.24) is 0 Å². The summed E-state index contributed by atoms with van der Waals surface area (Å²) < 4.78 is 5.34. The van der Waals surface area contributed by atoms with Crippen LogP contribution in [0.15, 0.2) is 42.5 Å². The van der Waals surface area contributed by atoms with Crippen LogP contribution in [0.2, 0.25) is 5.02 Å². The van der Waals surface area contributed by atoms with Crippen LogP contribution >= 0.6 is 11.6 Å². The molecule has 0 bridgehead atoms.